The molecule has 0 amide bonds. The Labute approximate surface area is 162 Å². The highest BCUT2D eigenvalue weighted by Crippen LogP contribution is 2.39. The van der Waals surface area contributed by atoms with Gasteiger partial charge in [0.15, 0.2) is 0 Å². The number of fused-ring (bicyclic) bond motifs is 1. The first-order valence-corrected chi connectivity index (χ1v) is 10.8. The number of nitrogens with two attached hydrogens (primary N) is 1. The first kappa shape index (κ1) is 19.4. The van der Waals surface area contributed by atoms with E-state index in [1.165, 1.54) is 6.20 Å². The van der Waals surface area contributed by atoms with E-state index in [-0.39, 0.29) is 12.2 Å². The van der Waals surface area contributed by atoms with Crippen LogP contribution in [-0.2, 0) is 27.8 Å². The molecule has 0 radical (unpaired) electrons. The number of ether oxygens (including phenoxy) is 1. The Morgan fingerprint density at radius 1 is 1.32 bits per heavy atom. The predicted molar refractivity (Wildman–Crippen MR) is 97.8 cm³/mol. The molecule has 1 saturated heterocycles. The molecule has 7 nitrogen and oxygen atoms in total. The van der Waals surface area contributed by atoms with E-state index in [0.29, 0.717) is 25.2 Å². The summed E-state index contributed by atoms with van der Waals surface area (Å²) in [5, 5.41) is 4.16. The second-order valence-electron chi connectivity index (χ2n) is 7.86. The normalized spacial score (nSPS) is 28.5. The van der Waals surface area contributed by atoms with Crippen LogP contribution in [0, 0.1) is 11.6 Å². The number of hydrogen-bond acceptors (Lipinski definition) is 6. The second-order valence-corrected chi connectivity index (χ2v) is 9.70. The molecule has 2 aliphatic heterocycles. The second kappa shape index (κ2) is 6.58. The molecule has 4 rings (SSSR count). The summed E-state index contributed by atoms with van der Waals surface area (Å²) in [6.45, 7) is 3.29. The summed E-state index contributed by atoms with van der Waals surface area (Å²) >= 11 is 0. The van der Waals surface area contributed by atoms with E-state index < -0.39 is 39.3 Å². The largest absolute Gasteiger partial charge is 0.370 e. The van der Waals surface area contributed by atoms with Crippen LogP contribution in [0.3, 0.4) is 0 Å². The zero-order valence-corrected chi connectivity index (χ0v) is 16.4. The van der Waals surface area contributed by atoms with Gasteiger partial charge in [0.05, 0.1) is 18.6 Å². The average Bonchev–Trinajstić information content (AvgIpc) is 3.17. The summed E-state index contributed by atoms with van der Waals surface area (Å²) in [6.07, 6.45) is 2.43. The summed E-state index contributed by atoms with van der Waals surface area (Å²) in [5.74, 6) is -1.07. The van der Waals surface area contributed by atoms with E-state index >= 15 is 0 Å². The van der Waals surface area contributed by atoms with Crippen LogP contribution < -0.4 is 5.73 Å². The highest BCUT2D eigenvalue weighted by Gasteiger charge is 2.44. The maximum Gasteiger partial charge on any atom is 0.250 e. The van der Waals surface area contributed by atoms with Crippen molar-refractivity contribution in [1.82, 2.24) is 14.1 Å². The van der Waals surface area contributed by atoms with Crippen molar-refractivity contribution in [1.29, 1.82) is 0 Å². The van der Waals surface area contributed by atoms with Gasteiger partial charge in [-0.05, 0) is 31.5 Å². The molecule has 0 bridgehead atoms. The fourth-order valence-electron chi connectivity index (χ4n) is 4.02. The monoisotopic (exact) mass is 412 g/mol. The quantitative estimate of drug-likeness (QED) is 0.822. The molecule has 1 fully saturated rings. The molecule has 1 aromatic heterocycles. The molecule has 0 unspecified atom stereocenters. The first-order valence-electron chi connectivity index (χ1n) is 8.92. The Hall–Kier alpha value is -1.88. The molecule has 2 aliphatic rings. The maximum absolute atomic E-state index is 14.1. The van der Waals surface area contributed by atoms with E-state index in [4.69, 9.17) is 10.5 Å². The van der Waals surface area contributed by atoms with Crippen LogP contribution in [0.1, 0.15) is 36.3 Å². The van der Waals surface area contributed by atoms with Gasteiger partial charge in [0.1, 0.15) is 17.7 Å². The van der Waals surface area contributed by atoms with Crippen molar-refractivity contribution in [2.45, 2.75) is 44.1 Å². The minimum atomic E-state index is -3.42. The van der Waals surface area contributed by atoms with Crippen LogP contribution in [0.2, 0.25) is 0 Å². The summed E-state index contributed by atoms with van der Waals surface area (Å²) in [7, 11) is -3.42. The molecule has 2 aromatic rings. The third-order valence-electron chi connectivity index (χ3n) is 5.56. The third kappa shape index (κ3) is 3.34. The number of aromatic nitrogens is 2. The number of halogens is 2. The Balaban J connectivity index is 1.50. The maximum atomic E-state index is 14.1. The van der Waals surface area contributed by atoms with Gasteiger partial charge < -0.3 is 10.5 Å². The zero-order valence-electron chi connectivity index (χ0n) is 15.6. The molecule has 0 saturated carbocycles. The van der Waals surface area contributed by atoms with Crippen LogP contribution in [0.5, 0.6) is 0 Å². The molecule has 28 heavy (non-hydrogen) atoms. The minimum absolute atomic E-state index is 0.128. The van der Waals surface area contributed by atoms with Crippen molar-refractivity contribution >= 4 is 10.0 Å². The van der Waals surface area contributed by atoms with Crippen molar-refractivity contribution in [3.63, 3.8) is 0 Å². The Morgan fingerprint density at radius 2 is 2.07 bits per heavy atom. The van der Waals surface area contributed by atoms with E-state index in [1.54, 1.807) is 0 Å². The molecular weight excluding hydrogens is 390 g/mol. The SMILES string of the molecule is C[C@]1(N2Cc3cn(S(C)(=O)=O)nc3C2)CO[C@H](c2cc(F)ccc2F)[C@@H](N)C1. The van der Waals surface area contributed by atoms with Gasteiger partial charge in [-0.15, -0.1) is 0 Å². The fourth-order valence-corrected chi connectivity index (χ4v) is 4.58. The van der Waals surface area contributed by atoms with E-state index in [9.17, 15) is 17.2 Å². The zero-order chi connectivity index (χ0) is 20.3. The molecule has 0 aliphatic carbocycles. The third-order valence-corrected chi connectivity index (χ3v) is 6.43. The standard InChI is InChI=1S/C18H22F2N4O3S/c1-18(23-7-11-8-24(28(2,25)26)22-16(11)9-23)6-15(21)17(27-10-18)13-5-12(19)3-4-14(13)20/h3-5,8,15,17H,6-7,9-10,21H2,1-2H3/t15-,17+,18+/m0/s1. The summed E-state index contributed by atoms with van der Waals surface area (Å²) in [4.78, 5) is 2.13. The first-order chi connectivity index (χ1) is 13.1. The fraction of sp³-hybridized carbons (Fsp3) is 0.500. The van der Waals surface area contributed by atoms with Gasteiger partial charge in [-0.1, -0.05) is 0 Å². The topological polar surface area (TPSA) is 90.5 Å². The van der Waals surface area contributed by atoms with Crippen molar-refractivity contribution in [2.24, 2.45) is 5.73 Å². The predicted octanol–water partition coefficient (Wildman–Crippen LogP) is 1.53. The lowest BCUT2D eigenvalue weighted by Gasteiger charge is -2.46. The highest BCUT2D eigenvalue weighted by atomic mass is 32.2. The van der Waals surface area contributed by atoms with E-state index in [2.05, 4.69) is 10.00 Å². The summed E-state index contributed by atoms with van der Waals surface area (Å²) in [5.41, 5.74) is 7.55. The van der Waals surface area contributed by atoms with Crippen LogP contribution in [0.4, 0.5) is 8.78 Å². The molecule has 3 atom stereocenters. The Kier molecular flexibility index (Phi) is 4.57. The highest BCUT2D eigenvalue weighted by molar-refractivity contribution is 7.89. The molecule has 10 heteroatoms. The molecular formula is C18H22F2N4O3S. The number of rotatable bonds is 3. The van der Waals surface area contributed by atoms with Crippen LogP contribution in [-0.4, -0.2) is 46.9 Å². The lowest BCUT2D eigenvalue weighted by Crippen LogP contribution is -2.56. The molecule has 152 valence electrons. The van der Waals surface area contributed by atoms with E-state index in [1.807, 2.05) is 6.92 Å². The minimum Gasteiger partial charge on any atom is -0.370 e. The lowest BCUT2D eigenvalue weighted by molar-refractivity contribution is -0.0969. The number of hydrogen-bond donors (Lipinski definition) is 1. The van der Waals surface area contributed by atoms with Gasteiger partial charge in [0, 0.05) is 42.0 Å². The van der Waals surface area contributed by atoms with Crippen LogP contribution >= 0.6 is 0 Å². The van der Waals surface area contributed by atoms with Crippen molar-refractivity contribution < 1.29 is 21.9 Å². The van der Waals surface area contributed by atoms with Gasteiger partial charge in [-0.2, -0.15) is 9.19 Å². The van der Waals surface area contributed by atoms with Crippen molar-refractivity contribution in [2.75, 3.05) is 12.9 Å². The number of nitrogens with zero attached hydrogens (tertiary/aromatic N) is 3. The average molecular weight is 412 g/mol. The smallest absolute Gasteiger partial charge is 0.250 e. The lowest BCUT2D eigenvalue weighted by atomic mass is 9.85. The van der Waals surface area contributed by atoms with Crippen LogP contribution in [0.25, 0.3) is 0 Å². The Morgan fingerprint density at radius 3 is 2.71 bits per heavy atom. The van der Waals surface area contributed by atoms with Gasteiger partial charge in [0.25, 0.3) is 10.0 Å². The molecule has 0 spiro atoms. The molecule has 3 heterocycles. The Bertz CT molecular complexity index is 1000. The van der Waals surface area contributed by atoms with Gasteiger partial charge in [-0.25, -0.2) is 17.2 Å². The van der Waals surface area contributed by atoms with Crippen LogP contribution in [0.15, 0.2) is 24.4 Å². The number of benzene rings is 1. The molecule has 1 aromatic carbocycles. The summed E-state index contributed by atoms with van der Waals surface area (Å²) in [6, 6.07) is 2.75. The summed E-state index contributed by atoms with van der Waals surface area (Å²) < 4.78 is 57.8. The van der Waals surface area contributed by atoms with Gasteiger partial charge >= 0.3 is 0 Å². The molecule has 2 N–H and O–H groups in total. The van der Waals surface area contributed by atoms with E-state index in [0.717, 1.165) is 34.1 Å². The van der Waals surface area contributed by atoms with Crippen molar-refractivity contribution in [3.05, 3.63) is 52.9 Å². The van der Waals surface area contributed by atoms with Gasteiger partial charge in [0.2, 0.25) is 0 Å². The van der Waals surface area contributed by atoms with Gasteiger partial charge in [-0.3, -0.25) is 4.90 Å². The van der Waals surface area contributed by atoms with Crippen molar-refractivity contribution in [3.8, 4) is 0 Å².